The lowest BCUT2D eigenvalue weighted by atomic mass is 9.86. The molecule has 0 saturated heterocycles. The highest BCUT2D eigenvalue weighted by atomic mass is 16.4. The van der Waals surface area contributed by atoms with Crippen molar-refractivity contribution in [3.63, 3.8) is 0 Å². The summed E-state index contributed by atoms with van der Waals surface area (Å²) in [6, 6.07) is 19.0. The lowest BCUT2D eigenvalue weighted by molar-refractivity contribution is -0.143. The molecule has 5 rings (SSSR count). The van der Waals surface area contributed by atoms with E-state index in [1.54, 1.807) is 12.1 Å². The molecule has 0 spiro atoms. The SMILES string of the molecule is O=c1ccc(-c2c(-c3ccccc3)nn3ccccc23)nn1[C@H]1CC[C@@H](C(=O)O)CC1. The van der Waals surface area contributed by atoms with Gasteiger partial charge in [0.05, 0.1) is 28.7 Å². The van der Waals surface area contributed by atoms with Crippen LogP contribution in [0.25, 0.3) is 28.0 Å². The summed E-state index contributed by atoms with van der Waals surface area (Å²) in [5, 5.41) is 18.8. The van der Waals surface area contributed by atoms with Crippen molar-refractivity contribution in [2.45, 2.75) is 31.7 Å². The Labute approximate surface area is 178 Å². The zero-order valence-corrected chi connectivity index (χ0v) is 16.9. The molecule has 1 fully saturated rings. The molecule has 4 aromatic rings. The Morgan fingerprint density at radius 1 is 0.903 bits per heavy atom. The Bertz CT molecular complexity index is 1300. The third-order valence-electron chi connectivity index (χ3n) is 6.06. The van der Waals surface area contributed by atoms with E-state index in [1.807, 2.05) is 59.2 Å². The first-order chi connectivity index (χ1) is 15.1. The Balaban J connectivity index is 1.61. The van der Waals surface area contributed by atoms with Crippen LogP contribution in [0.4, 0.5) is 0 Å². The minimum atomic E-state index is -0.758. The molecule has 0 unspecified atom stereocenters. The van der Waals surface area contributed by atoms with Gasteiger partial charge in [-0.05, 0) is 43.9 Å². The van der Waals surface area contributed by atoms with Gasteiger partial charge in [0.25, 0.3) is 5.56 Å². The molecule has 0 radical (unpaired) electrons. The second-order valence-corrected chi connectivity index (χ2v) is 7.97. The second kappa shape index (κ2) is 7.83. The van der Waals surface area contributed by atoms with Crippen LogP contribution >= 0.6 is 0 Å². The Morgan fingerprint density at radius 2 is 1.65 bits per heavy atom. The van der Waals surface area contributed by atoms with E-state index < -0.39 is 5.97 Å². The van der Waals surface area contributed by atoms with Gasteiger partial charge in [0, 0.05) is 17.8 Å². The van der Waals surface area contributed by atoms with Gasteiger partial charge in [-0.25, -0.2) is 9.20 Å². The van der Waals surface area contributed by atoms with E-state index in [2.05, 4.69) is 0 Å². The van der Waals surface area contributed by atoms with Crippen LogP contribution in [0.2, 0.25) is 0 Å². The number of fused-ring (bicyclic) bond motifs is 1. The molecule has 3 aromatic heterocycles. The van der Waals surface area contributed by atoms with Crippen molar-refractivity contribution in [3.8, 4) is 22.5 Å². The Morgan fingerprint density at radius 3 is 2.39 bits per heavy atom. The van der Waals surface area contributed by atoms with Gasteiger partial charge in [-0.1, -0.05) is 36.4 Å². The van der Waals surface area contributed by atoms with Gasteiger partial charge < -0.3 is 5.11 Å². The summed E-state index contributed by atoms with van der Waals surface area (Å²) in [6.45, 7) is 0. The van der Waals surface area contributed by atoms with Crippen LogP contribution in [0.3, 0.4) is 0 Å². The van der Waals surface area contributed by atoms with Gasteiger partial charge in [-0.15, -0.1) is 0 Å². The minimum absolute atomic E-state index is 0.0925. The van der Waals surface area contributed by atoms with Crippen LogP contribution in [-0.4, -0.2) is 30.5 Å². The van der Waals surface area contributed by atoms with Crippen LogP contribution in [0.1, 0.15) is 31.7 Å². The molecule has 7 heteroatoms. The van der Waals surface area contributed by atoms with E-state index in [0.29, 0.717) is 31.4 Å². The van der Waals surface area contributed by atoms with E-state index in [4.69, 9.17) is 10.2 Å². The standard InChI is InChI=1S/C24H22N4O3/c29-21-14-13-19(25-28(21)18-11-9-17(10-12-18)24(30)31)22-20-8-4-5-15-27(20)26-23(22)16-6-2-1-3-7-16/h1-8,13-15,17-18H,9-12H2,(H,30,31)/t17-,18+. The summed E-state index contributed by atoms with van der Waals surface area (Å²) < 4.78 is 3.36. The quantitative estimate of drug-likeness (QED) is 0.544. The predicted octanol–water partition coefficient (Wildman–Crippen LogP) is 4.04. The molecule has 1 aliphatic carbocycles. The highest BCUT2D eigenvalue weighted by molar-refractivity contribution is 5.90. The average Bonchev–Trinajstić information content (AvgIpc) is 3.20. The van der Waals surface area contributed by atoms with Crippen LogP contribution in [0.15, 0.2) is 71.7 Å². The zero-order valence-electron chi connectivity index (χ0n) is 16.9. The summed E-state index contributed by atoms with van der Waals surface area (Å²) in [7, 11) is 0. The molecule has 0 bridgehead atoms. The second-order valence-electron chi connectivity index (χ2n) is 7.97. The fourth-order valence-electron chi connectivity index (χ4n) is 4.44. The number of carboxylic acid groups (broad SMARTS) is 1. The third kappa shape index (κ3) is 3.52. The first kappa shape index (κ1) is 19.2. The predicted molar refractivity (Wildman–Crippen MR) is 117 cm³/mol. The number of carboxylic acids is 1. The van der Waals surface area contributed by atoms with E-state index in [1.165, 1.54) is 4.68 Å². The summed E-state index contributed by atoms with van der Waals surface area (Å²) in [5.74, 6) is -1.09. The van der Waals surface area contributed by atoms with Crippen molar-refractivity contribution in [3.05, 3.63) is 77.2 Å². The van der Waals surface area contributed by atoms with Crippen LogP contribution in [0.5, 0.6) is 0 Å². The van der Waals surface area contributed by atoms with Crippen molar-refractivity contribution in [1.82, 2.24) is 19.4 Å². The van der Waals surface area contributed by atoms with Gasteiger partial charge in [-0.2, -0.15) is 10.2 Å². The first-order valence-electron chi connectivity index (χ1n) is 10.5. The van der Waals surface area contributed by atoms with Crippen LogP contribution in [0, 0.1) is 5.92 Å². The molecule has 0 amide bonds. The van der Waals surface area contributed by atoms with Crippen LogP contribution in [-0.2, 0) is 4.79 Å². The van der Waals surface area contributed by atoms with Crippen molar-refractivity contribution in [1.29, 1.82) is 0 Å². The molecule has 1 saturated carbocycles. The van der Waals surface area contributed by atoms with E-state index in [9.17, 15) is 14.7 Å². The third-order valence-corrected chi connectivity index (χ3v) is 6.06. The number of hydrogen-bond acceptors (Lipinski definition) is 4. The summed E-state index contributed by atoms with van der Waals surface area (Å²) in [5.41, 5.74) is 4.08. The average molecular weight is 414 g/mol. The lowest BCUT2D eigenvalue weighted by Crippen LogP contribution is -2.31. The van der Waals surface area contributed by atoms with Gasteiger partial charge in [0.2, 0.25) is 0 Å². The number of pyridine rings is 1. The van der Waals surface area contributed by atoms with Crippen molar-refractivity contribution in [2.75, 3.05) is 0 Å². The van der Waals surface area contributed by atoms with Gasteiger partial charge in [-0.3, -0.25) is 9.59 Å². The molecule has 156 valence electrons. The highest BCUT2D eigenvalue weighted by Gasteiger charge is 2.28. The maximum absolute atomic E-state index is 12.6. The van der Waals surface area contributed by atoms with E-state index in [-0.39, 0.29) is 17.5 Å². The first-order valence-corrected chi connectivity index (χ1v) is 10.5. The maximum atomic E-state index is 12.6. The topological polar surface area (TPSA) is 89.5 Å². The molecule has 1 aromatic carbocycles. The normalized spacial score (nSPS) is 18.8. The summed E-state index contributed by atoms with van der Waals surface area (Å²) in [6.07, 6.45) is 4.28. The molecule has 1 N–H and O–H groups in total. The lowest BCUT2D eigenvalue weighted by Gasteiger charge is -2.26. The molecule has 0 aliphatic heterocycles. The zero-order chi connectivity index (χ0) is 21.4. The van der Waals surface area contributed by atoms with Crippen molar-refractivity contribution >= 4 is 11.5 Å². The number of hydrogen-bond donors (Lipinski definition) is 1. The highest BCUT2D eigenvalue weighted by Crippen LogP contribution is 2.35. The molecular weight excluding hydrogens is 392 g/mol. The molecule has 3 heterocycles. The fourth-order valence-corrected chi connectivity index (χ4v) is 4.44. The minimum Gasteiger partial charge on any atom is -0.481 e. The van der Waals surface area contributed by atoms with E-state index in [0.717, 1.165) is 22.3 Å². The Hall–Kier alpha value is -3.74. The number of aromatic nitrogens is 4. The molecule has 1 aliphatic rings. The number of aliphatic carboxylic acids is 1. The number of nitrogens with zero attached hydrogens (tertiary/aromatic N) is 4. The molecule has 31 heavy (non-hydrogen) atoms. The van der Waals surface area contributed by atoms with Crippen molar-refractivity contribution < 1.29 is 9.90 Å². The summed E-state index contributed by atoms with van der Waals surface area (Å²) in [4.78, 5) is 23.9. The number of carbonyl (C=O) groups is 1. The van der Waals surface area contributed by atoms with E-state index >= 15 is 0 Å². The molecular formula is C24H22N4O3. The number of rotatable bonds is 4. The maximum Gasteiger partial charge on any atom is 0.306 e. The summed E-state index contributed by atoms with van der Waals surface area (Å²) >= 11 is 0. The molecule has 0 atom stereocenters. The number of benzene rings is 1. The molecule has 7 nitrogen and oxygen atoms in total. The Kier molecular flexibility index (Phi) is 4.86. The fraction of sp³-hybridized carbons (Fsp3) is 0.250. The van der Waals surface area contributed by atoms with Gasteiger partial charge >= 0.3 is 5.97 Å². The van der Waals surface area contributed by atoms with Crippen LogP contribution < -0.4 is 5.56 Å². The van der Waals surface area contributed by atoms with Crippen molar-refractivity contribution in [2.24, 2.45) is 5.92 Å². The van der Waals surface area contributed by atoms with Gasteiger partial charge in [0.1, 0.15) is 5.69 Å². The smallest absolute Gasteiger partial charge is 0.306 e. The largest absolute Gasteiger partial charge is 0.481 e. The monoisotopic (exact) mass is 414 g/mol. The van der Waals surface area contributed by atoms with Gasteiger partial charge in [0.15, 0.2) is 0 Å².